The van der Waals surface area contributed by atoms with E-state index in [9.17, 15) is 4.79 Å². The molecule has 6 heteroatoms. The van der Waals surface area contributed by atoms with Gasteiger partial charge in [-0.05, 0) is 12.8 Å². The summed E-state index contributed by atoms with van der Waals surface area (Å²) < 4.78 is 0. The van der Waals surface area contributed by atoms with Gasteiger partial charge in [0.1, 0.15) is 5.54 Å². The van der Waals surface area contributed by atoms with Crippen LogP contribution < -0.4 is 11.1 Å². The predicted molar refractivity (Wildman–Crippen MR) is 62.1 cm³/mol. The zero-order chi connectivity index (χ0) is 12.9. The molecular weight excluding hydrogens is 224 g/mol. The average molecular weight is 246 g/mol. The van der Waals surface area contributed by atoms with Crippen molar-refractivity contribution in [1.29, 1.82) is 0 Å². The topological polar surface area (TPSA) is 116 Å². The van der Waals surface area contributed by atoms with Gasteiger partial charge in [-0.2, -0.15) is 0 Å². The van der Waals surface area contributed by atoms with Gasteiger partial charge in [0.25, 0.3) is 0 Å². The molecule has 0 heterocycles. The molecular formula is C11H22N2O4. The first-order valence-corrected chi connectivity index (χ1v) is 5.93. The lowest BCUT2D eigenvalue weighted by Gasteiger charge is -2.34. The van der Waals surface area contributed by atoms with E-state index in [2.05, 4.69) is 5.32 Å². The summed E-state index contributed by atoms with van der Waals surface area (Å²) in [7, 11) is 0. The molecule has 0 bridgehead atoms. The predicted octanol–water partition coefficient (Wildman–Crippen LogP) is -1.66. The average Bonchev–Trinajstić information content (AvgIpc) is 2.86. The van der Waals surface area contributed by atoms with E-state index < -0.39 is 30.8 Å². The molecule has 6 N–H and O–H groups in total. The molecule has 1 rings (SSSR count). The number of aliphatic hydroxyl groups is 3. The van der Waals surface area contributed by atoms with Crippen LogP contribution in [0.2, 0.25) is 0 Å². The molecule has 0 aliphatic heterocycles. The van der Waals surface area contributed by atoms with Gasteiger partial charge in [0.15, 0.2) is 0 Å². The molecule has 17 heavy (non-hydrogen) atoms. The minimum Gasteiger partial charge on any atom is -0.394 e. The van der Waals surface area contributed by atoms with Crippen LogP contribution >= 0.6 is 0 Å². The van der Waals surface area contributed by atoms with Gasteiger partial charge >= 0.3 is 0 Å². The summed E-state index contributed by atoms with van der Waals surface area (Å²) in [5, 5.41) is 30.0. The second-order valence-electron chi connectivity index (χ2n) is 4.90. The summed E-state index contributed by atoms with van der Waals surface area (Å²) in [6.45, 7) is -1.28. The summed E-state index contributed by atoms with van der Waals surface area (Å²) in [6.07, 6.45) is 3.34. The number of carbonyl (C=O) groups is 1. The third-order valence-corrected chi connectivity index (χ3v) is 3.72. The first kappa shape index (κ1) is 14.4. The van der Waals surface area contributed by atoms with Crippen molar-refractivity contribution in [2.75, 3.05) is 26.4 Å². The summed E-state index contributed by atoms with van der Waals surface area (Å²) in [5.74, 6) is -0.283. The highest BCUT2D eigenvalue weighted by Gasteiger charge is 2.43. The fourth-order valence-corrected chi connectivity index (χ4v) is 2.22. The Morgan fingerprint density at radius 1 is 1.18 bits per heavy atom. The molecule has 0 spiro atoms. The van der Waals surface area contributed by atoms with Crippen LogP contribution in [0, 0.1) is 5.41 Å². The standard InChI is InChI=1S/C11H22N2O4/c12-5-10(3-1-2-4-10)9(17)13-11(6-14,7-15)8-16/h14-16H,1-8,12H2,(H,13,17). The van der Waals surface area contributed by atoms with E-state index in [0.29, 0.717) is 12.8 Å². The van der Waals surface area contributed by atoms with Gasteiger partial charge < -0.3 is 26.4 Å². The zero-order valence-electron chi connectivity index (χ0n) is 9.98. The van der Waals surface area contributed by atoms with Crippen molar-refractivity contribution in [2.24, 2.45) is 11.1 Å². The molecule has 0 atom stereocenters. The Morgan fingerprint density at radius 2 is 1.65 bits per heavy atom. The van der Waals surface area contributed by atoms with Crippen molar-refractivity contribution in [3.63, 3.8) is 0 Å². The molecule has 0 unspecified atom stereocenters. The Balaban J connectivity index is 2.75. The van der Waals surface area contributed by atoms with Gasteiger partial charge in [0.2, 0.25) is 5.91 Å². The van der Waals surface area contributed by atoms with Crippen LogP contribution in [0.15, 0.2) is 0 Å². The minimum absolute atomic E-state index is 0.247. The monoisotopic (exact) mass is 246 g/mol. The Morgan fingerprint density at radius 3 is 2.00 bits per heavy atom. The molecule has 1 aliphatic carbocycles. The van der Waals surface area contributed by atoms with Crippen molar-refractivity contribution in [1.82, 2.24) is 5.32 Å². The van der Waals surface area contributed by atoms with Crippen molar-refractivity contribution >= 4 is 5.91 Å². The van der Waals surface area contributed by atoms with Crippen LogP contribution in [-0.4, -0.2) is 53.1 Å². The van der Waals surface area contributed by atoms with Crippen LogP contribution in [0.5, 0.6) is 0 Å². The normalized spacial score (nSPS) is 19.3. The Bertz CT molecular complexity index is 252. The van der Waals surface area contributed by atoms with Gasteiger partial charge in [-0.1, -0.05) is 12.8 Å². The Hall–Kier alpha value is -0.690. The third-order valence-electron chi connectivity index (χ3n) is 3.72. The smallest absolute Gasteiger partial charge is 0.228 e. The molecule has 0 saturated heterocycles. The molecule has 6 nitrogen and oxygen atoms in total. The first-order chi connectivity index (χ1) is 8.08. The first-order valence-electron chi connectivity index (χ1n) is 5.93. The van der Waals surface area contributed by atoms with Crippen LogP contribution in [0.25, 0.3) is 0 Å². The Kier molecular flexibility index (Phi) is 4.88. The highest BCUT2D eigenvalue weighted by atomic mass is 16.3. The van der Waals surface area contributed by atoms with E-state index in [1.54, 1.807) is 0 Å². The van der Waals surface area contributed by atoms with Gasteiger partial charge in [-0.3, -0.25) is 4.79 Å². The lowest BCUT2D eigenvalue weighted by molar-refractivity contribution is -0.134. The SMILES string of the molecule is NCC1(C(=O)NC(CO)(CO)CO)CCCC1. The Labute approximate surface area is 101 Å². The van der Waals surface area contributed by atoms with Gasteiger partial charge in [-0.25, -0.2) is 0 Å². The molecule has 1 aliphatic rings. The molecule has 1 fully saturated rings. The molecule has 0 aromatic heterocycles. The van der Waals surface area contributed by atoms with Gasteiger partial charge in [0, 0.05) is 6.54 Å². The fourth-order valence-electron chi connectivity index (χ4n) is 2.22. The minimum atomic E-state index is -1.36. The second kappa shape index (κ2) is 5.77. The highest BCUT2D eigenvalue weighted by molar-refractivity contribution is 5.84. The zero-order valence-corrected chi connectivity index (χ0v) is 9.98. The lowest BCUT2D eigenvalue weighted by Crippen LogP contribution is -2.61. The molecule has 1 amide bonds. The maximum absolute atomic E-state index is 12.2. The van der Waals surface area contributed by atoms with E-state index in [-0.39, 0.29) is 12.5 Å². The van der Waals surface area contributed by atoms with Crippen LogP contribution in [0.4, 0.5) is 0 Å². The summed E-state index contributed by atoms with van der Waals surface area (Å²) in [5.41, 5.74) is 3.70. The lowest BCUT2D eigenvalue weighted by atomic mass is 9.84. The third kappa shape index (κ3) is 2.77. The maximum atomic E-state index is 12.2. The quantitative estimate of drug-likeness (QED) is 0.384. The number of nitrogens with two attached hydrogens (primary N) is 1. The summed E-state index contributed by atoms with van der Waals surface area (Å²) in [4.78, 5) is 12.2. The van der Waals surface area contributed by atoms with Crippen molar-refractivity contribution in [3.05, 3.63) is 0 Å². The van der Waals surface area contributed by atoms with E-state index >= 15 is 0 Å². The summed E-state index contributed by atoms with van der Waals surface area (Å²) in [6, 6.07) is 0. The number of rotatable bonds is 6. The van der Waals surface area contributed by atoms with E-state index in [1.165, 1.54) is 0 Å². The number of hydrogen-bond donors (Lipinski definition) is 5. The van der Waals surface area contributed by atoms with Crippen LogP contribution in [0.3, 0.4) is 0 Å². The van der Waals surface area contributed by atoms with E-state index in [0.717, 1.165) is 12.8 Å². The molecule has 100 valence electrons. The number of hydrogen-bond acceptors (Lipinski definition) is 5. The fraction of sp³-hybridized carbons (Fsp3) is 0.909. The number of nitrogens with one attached hydrogen (secondary N) is 1. The maximum Gasteiger partial charge on any atom is 0.228 e. The van der Waals surface area contributed by atoms with Gasteiger partial charge in [-0.15, -0.1) is 0 Å². The second-order valence-corrected chi connectivity index (χ2v) is 4.90. The van der Waals surface area contributed by atoms with Crippen molar-refractivity contribution in [2.45, 2.75) is 31.2 Å². The van der Waals surface area contributed by atoms with Crippen LogP contribution in [-0.2, 0) is 4.79 Å². The van der Waals surface area contributed by atoms with Gasteiger partial charge in [0.05, 0.1) is 25.2 Å². The molecule has 0 radical (unpaired) electrons. The largest absolute Gasteiger partial charge is 0.394 e. The highest BCUT2D eigenvalue weighted by Crippen LogP contribution is 2.37. The summed E-state index contributed by atoms with van der Waals surface area (Å²) >= 11 is 0. The molecule has 0 aromatic rings. The number of amides is 1. The van der Waals surface area contributed by atoms with Crippen molar-refractivity contribution < 1.29 is 20.1 Å². The number of aliphatic hydroxyl groups excluding tert-OH is 3. The van der Waals surface area contributed by atoms with Crippen LogP contribution in [0.1, 0.15) is 25.7 Å². The molecule has 1 saturated carbocycles. The molecule has 0 aromatic carbocycles. The van der Waals surface area contributed by atoms with E-state index in [4.69, 9.17) is 21.1 Å². The van der Waals surface area contributed by atoms with E-state index in [1.807, 2.05) is 0 Å². The van der Waals surface area contributed by atoms with Crippen molar-refractivity contribution in [3.8, 4) is 0 Å². The number of carbonyl (C=O) groups excluding carboxylic acids is 1.